The molecule has 15 heteroatoms. The Morgan fingerprint density at radius 1 is 1.09 bits per heavy atom. The number of fused-ring (bicyclic) bond motifs is 1. The number of hydrogen-bond acceptors (Lipinski definition) is 13. The molecular formula is C38H60FN3O11. The predicted molar refractivity (Wildman–Crippen MR) is 192 cm³/mol. The van der Waals surface area contributed by atoms with Crippen molar-refractivity contribution in [3.63, 3.8) is 0 Å². The van der Waals surface area contributed by atoms with Crippen molar-refractivity contribution in [3.05, 3.63) is 30.1 Å². The lowest BCUT2D eigenvalue weighted by Crippen LogP contribution is -2.59. The second kappa shape index (κ2) is 17.2. The zero-order chi connectivity index (χ0) is 39.6. The lowest BCUT2D eigenvalue weighted by atomic mass is 9.77. The summed E-state index contributed by atoms with van der Waals surface area (Å²) in [5.41, 5.74) is -2.74. The van der Waals surface area contributed by atoms with Crippen LogP contribution in [0.2, 0.25) is 0 Å². The first-order valence-electron chi connectivity index (χ1n) is 18.6. The van der Waals surface area contributed by atoms with Crippen LogP contribution in [0.1, 0.15) is 74.7 Å². The van der Waals surface area contributed by atoms with Crippen LogP contribution in [0.25, 0.3) is 0 Å². The van der Waals surface area contributed by atoms with E-state index in [1.54, 1.807) is 27.7 Å². The summed E-state index contributed by atoms with van der Waals surface area (Å²) in [5.74, 6) is -3.50. The average molecular weight is 754 g/mol. The summed E-state index contributed by atoms with van der Waals surface area (Å²) in [7, 11) is 5.59. The zero-order valence-electron chi connectivity index (χ0n) is 32.9. The molecule has 14 nitrogen and oxygen atoms in total. The van der Waals surface area contributed by atoms with Crippen molar-refractivity contribution < 1.29 is 57.4 Å². The highest BCUT2D eigenvalue weighted by Crippen LogP contribution is 2.40. The number of benzene rings is 1. The Morgan fingerprint density at radius 3 is 2.34 bits per heavy atom. The van der Waals surface area contributed by atoms with Gasteiger partial charge in [0, 0.05) is 30.2 Å². The lowest BCUT2D eigenvalue weighted by Gasteiger charge is -2.47. The number of halogens is 1. The van der Waals surface area contributed by atoms with Gasteiger partial charge in [0.2, 0.25) is 0 Å². The smallest absolute Gasteiger partial charge is 0.458 e. The minimum atomic E-state index is -1.64. The van der Waals surface area contributed by atoms with Crippen molar-refractivity contribution in [2.45, 2.75) is 141 Å². The first-order valence-corrected chi connectivity index (χ1v) is 18.6. The lowest BCUT2D eigenvalue weighted by molar-refractivity contribution is -0.299. The molecule has 0 spiro atoms. The van der Waals surface area contributed by atoms with E-state index in [4.69, 9.17) is 28.4 Å². The molecule has 0 aliphatic carbocycles. The van der Waals surface area contributed by atoms with E-state index in [9.17, 15) is 29.0 Å². The Balaban J connectivity index is 1.80. The third kappa shape index (κ3) is 9.78. The van der Waals surface area contributed by atoms with Gasteiger partial charge in [0.05, 0.1) is 23.7 Å². The molecule has 0 saturated carbocycles. The summed E-state index contributed by atoms with van der Waals surface area (Å²) in [5, 5.41) is 26.5. The highest BCUT2D eigenvalue weighted by Gasteiger charge is 2.58. The summed E-state index contributed by atoms with van der Waals surface area (Å²) in [6.45, 7) is 14.5. The quantitative estimate of drug-likeness (QED) is 0.274. The van der Waals surface area contributed by atoms with Crippen molar-refractivity contribution in [1.82, 2.24) is 9.80 Å². The molecule has 300 valence electrons. The summed E-state index contributed by atoms with van der Waals surface area (Å²) in [6, 6.07) is 4.38. The fraction of sp³-hybridized carbons (Fsp3) is 0.763. The van der Waals surface area contributed by atoms with E-state index in [0.29, 0.717) is 13.0 Å². The van der Waals surface area contributed by atoms with Crippen LogP contribution >= 0.6 is 0 Å². The molecular weight excluding hydrogens is 693 g/mol. The predicted octanol–water partition coefficient (Wildman–Crippen LogP) is 4.55. The van der Waals surface area contributed by atoms with Crippen LogP contribution in [0.5, 0.6) is 0 Å². The van der Waals surface area contributed by atoms with Gasteiger partial charge in [-0.3, -0.25) is 15.0 Å². The number of anilines is 1. The molecule has 3 fully saturated rings. The van der Waals surface area contributed by atoms with E-state index in [2.05, 4.69) is 5.32 Å². The molecule has 0 aromatic heterocycles. The summed E-state index contributed by atoms with van der Waals surface area (Å²) >= 11 is 0. The van der Waals surface area contributed by atoms with Gasteiger partial charge in [0.15, 0.2) is 18.0 Å². The second-order valence-corrected chi connectivity index (χ2v) is 16.0. The molecule has 3 saturated heterocycles. The van der Waals surface area contributed by atoms with Crippen molar-refractivity contribution >= 4 is 23.9 Å². The van der Waals surface area contributed by atoms with Crippen LogP contribution in [0.15, 0.2) is 24.3 Å². The number of rotatable bonds is 6. The van der Waals surface area contributed by atoms with Gasteiger partial charge in [-0.05, 0) is 105 Å². The first kappa shape index (κ1) is 42.7. The monoisotopic (exact) mass is 753 g/mol. The van der Waals surface area contributed by atoms with E-state index in [1.165, 1.54) is 31.2 Å². The highest BCUT2D eigenvalue weighted by molar-refractivity contribution is 5.85. The fourth-order valence-electron chi connectivity index (χ4n) is 8.35. The number of aliphatic hydroxyl groups excluding tert-OH is 1. The SMILES string of the molecule is CC[C@H]1OC(=O)[C@H](C)[C@@H](OC(=O)Nc2ccc(F)cc2)[C@H](C)[C@@H](O[C@@H]2O[C@H](C)C[C@H](N(C)C)[C@H]2O)[C@](C)(O)C[C@@H](C)CN(C)[C@H](C)[C@H]2OC(=O)O[C@@]21C. The molecule has 3 N–H and O–H groups in total. The molecule has 53 heavy (non-hydrogen) atoms. The van der Waals surface area contributed by atoms with Crippen molar-refractivity contribution in [1.29, 1.82) is 0 Å². The Hall–Kier alpha value is -3.08. The highest BCUT2D eigenvalue weighted by atomic mass is 19.1. The molecule has 14 atom stereocenters. The maximum Gasteiger partial charge on any atom is 0.509 e. The molecule has 1 aromatic rings. The van der Waals surface area contributed by atoms with Crippen molar-refractivity contribution in [2.24, 2.45) is 17.8 Å². The maximum absolute atomic E-state index is 14.2. The zero-order valence-corrected chi connectivity index (χ0v) is 32.9. The molecule has 4 rings (SSSR count). The normalized spacial score (nSPS) is 40.6. The van der Waals surface area contributed by atoms with Crippen LogP contribution in [0, 0.1) is 23.6 Å². The molecule has 3 aliphatic rings. The first-order chi connectivity index (χ1) is 24.7. The average Bonchev–Trinajstić information content (AvgIpc) is 3.39. The van der Waals surface area contributed by atoms with Crippen LogP contribution in [0.3, 0.4) is 0 Å². The van der Waals surface area contributed by atoms with Gasteiger partial charge in [-0.25, -0.2) is 14.0 Å². The molecule has 1 aromatic carbocycles. The number of nitrogens with one attached hydrogen (secondary N) is 1. The van der Waals surface area contributed by atoms with E-state index in [-0.39, 0.29) is 42.6 Å². The number of carbonyl (C=O) groups excluding carboxylic acids is 3. The summed E-state index contributed by atoms with van der Waals surface area (Å²) in [4.78, 5) is 44.2. The van der Waals surface area contributed by atoms with Crippen molar-refractivity contribution in [2.75, 3.05) is 33.0 Å². The standard InChI is InChI=1S/C38H60FN3O11/c1-12-28-38(8)32(52-36(46)53-38)24(6)42(11)19-20(2)18-37(7,47)31(51-34-29(43)27(41(9)10)17-21(3)48-34)22(4)30(23(5)33(44)49-28)50-35(45)40-26-15-13-25(39)14-16-26/h13-16,20-24,27-32,34,43,47H,12,17-19H2,1-11H3,(H,40,45)/t20-,21-,22+,23-,24-,27+,28-,29-,30+,31-,32-,34+,37-,38-/m1/s1. The van der Waals surface area contributed by atoms with Crippen LogP contribution in [0.4, 0.5) is 19.7 Å². The number of amides is 1. The number of carbonyl (C=O) groups is 3. The van der Waals surface area contributed by atoms with E-state index in [0.717, 1.165) is 0 Å². The molecule has 1 amide bonds. The van der Waals surface area contributed by atoms with Gasteiger partial charge >= 0.3 is 18.2 Å². The minimum Gasteiger partial charge on any atom is -0.458 e. The third-order valence-electron chi connectivity index (χ3n) is 11.2. The number of aliphatic hydroxyl groups is 2. The Bertz CT molecular complexity index is 1420. The van der Waals surface area contributed by atoms with Gasteiger partial charge in [-0.15, -0.1) is 0 Å². The number of nitrogens with zero attached hydrogens (tertiary/aromatic N) is 2. The van der Waals surface area contributed by atoms with Crippen LogP contribution in [-0.4, -0.2) is 132 Å². The number of hydrogen-bond donors (Lipinski definition) is 3. The maximum atomic E-state index is 14.2. The van der Waals surface area contributed by atoms with E-state index in [1.807, 2.05) is 51.7 Å². The topological polar surface area (TPSA) is 166 Å². The van der Waals surface area contributed by atoms with Gasteiger partial charge in [-0.1, -0.05) is 20.8 Å². The number of ether oxygens (including phenoxy) is 6. The molecule has 0 unspecified atom stereocenters. The molecule has 3 aliphatic heterocycles. The van der Waals surface area contributed by atoms with Gasteiger partial charge in [0.1, 0.15) is 24.1 Å². The molecule has 0 bridgehead atoms. The minimum absolute atomic E-state index is 0.172. The van der Waals surface area contributed by atoms with Gasteiger partial charge in [0.25, 0.3) is 0 Å². The van der Waals surface area contributed by atoms with E-state index >= 15 is 0 Å². The number of cyclic esters (lactones) is 1. The number of likely N-dealkylation sites (N-methyl/N-ethyl adjacent to an activating group) is 2. The number of esters is 1. The van der Waals surface area contributed by atoms with Gasteiger partial charge in [-0.2, -0.15) is 0 Å². The Labute approximate surface area is 312 Å². The fourth-order valence-corrected chi connectivity index (χ4v) is 8.35. The third-order valence-corrected chi connectivity index (χ3v) is 11.2. The van der Waals surface area contributed by atoms with Crippen LogP contribution in [-0.2, 0) is 33.2 Å². The van der Waals surface area contributed by atoms with Gasteiger partial charge < -0.3 is 43.5 Å². The van der Waals surface area contributed by atoms with Crippen molar-refractivity contribution in [3.8, 4) is 0 Å². The second-order valence-electron chi connectivity index (χ2n) is 16.0. The largest absolute Gasteiger partial charge is 0.509 e. The van der Waals surface area contributed by atoms with E-state index < -0.39 is 83.9 Å². The molecule has 0 radical (unpaired) electrons. The Kier molecular flexibility index (Phi) is 13.8. The van der Waals surface area contributed by atoms with Crippen LogP contribution < -0.4 is 5.32 Å². The molecule has 3 heterocycles. The Morgan fingerprint density at radius 2 is 1.74 bits per heavy atom. The summed E-state index contributed by atoms with van der Waals surface area (Å²) in [6.07, 6.45) is -7.59. The summed E-state index contributed by atoms with van der Waals surface area (Å²) < 4.78 is 50.0.